The van der Waals surface area contributed by atoms with E-state index < -0.39 is 0 Å². The van der Waals surface area contributed by atoms with E-state index in [2.05, 4.69) is 52.4 Å². The molecule has 33 heavy (non-hydrogen) atoms. The van der Waals surface area contributed by atoms with Gasteiger partial charge in [-0.2, -0.15) is 0 Å². The number of nitrogens with one attached hydrogen (secondary N) is 1. The van der Waals surface area contributed by atoms with Gasteiger partial charge in [-0.1, -0.05) is 24.3 Å². The second kappa shape index (κ2) is 12.1. The second-order valence-electron chi connectivity index (χ2n) is 8.18. The van der Waals surface area contributed by atoms with Crippen molar-refractivity contribution in [2.24, 2.45) is 4.99 Å². The lowest BCUT2D eigenvalue weighted by atomic mass is 10.00. The molecular formula is C25H34IN5O2. The summed E-state index contributed by atoms with van der Waals surface area (Å²) in [4.78, 5) is 24.1. The van der Waals surface area contributed by atoms with Crippen LogP contribution in [0, 0.1) is 0 Å². The molecular weight excluding hydrogens is 529 g/mol. The zero-order valence-electron chi connectivity index (χ0n) is 19.5. The minimum Gasteiger partial charge on any atom is -0.497 e. The number of aliphatic imine (C=N–C) groups is 1. The number of carbonyl (C=O) groups excluding carboxylic acids is 1. The molecule has 0 aliphatic carbocycles. The number of methoxy groups -OCH3 is 1. The highest BCUT2D eigenvalue weighted by molar-refractivity contribution is 14.0. The Morgan fingerprint density at radius 3 is 2.33 bits per heavy atom. The smallest absolute Gasteiger partial charge is 0.244 e. The van der Waals surface area contributed by atoms with Crippen LogP contribution in [-0.2, 0) is 17.8 Å². The lowest BCUT2D eigenvalue weighted by Gasteiger charge is -2.37. The number of halogens is 1. The average molecular weight is 563 g/mol. The molecule has 1 N–H and O–H groups in total. The van der Waals surface area contributed by atoms with E-state index in [1.807, 2.05) is 23.1 Å². The summed E-state index contributed by atoms with van der Waals surface area (Å²) in [5, 5.41) is 3.37. The van der Waals surface area contributed by atoms with E-state index in [0.717, 1.165) is 57.4 Å². The van der Waals surface area contributed by atoms with Crippen LogP contribution >= 0.6 is 24.0 Å². The fourth-order valence-electron chi connectivity index (χ4n) is 4.35. The van der Waals surface area contributed by atoms with Crippen LogP contribution in [0.4, 0.5) is 5.69 Å². The Bertz CT molecular complexity index is 942. The van der Waals surface area contributed by atoms with E-state index in [4.69, 9.17) is 9.73 Å². The average Bonchev–Trinajstić information content (AvgIpc) is 2.86. The number of hydrogen-bond donors (Lipinski definition) is 1. The van der Waals surface area contributed by atoms with Crippen molar-refractivity contribution in [2.75, 3.05) is 57.8 Å². The first-order chi connectivity index (χ1) is 15.7. The molecule has 1 amide bonds. The number of carbonyl (C=O) groups is 1. The first-order valence-corrected chi connectivity index (χ1v) is 11.4. The third-order valence-electron chi connectivity index (χ3n) is 6.20. The lowest BCUT2D eigenvalue weighted by molar-refractivity contribution is -0.130. The summed E-state index contributed by atoms with van der Waals surface area (Å²) in [5.41, 5.74) is 3.80. The highest BCUT2D eigenvalue weighted by atomic mass is 127. The predicted molar refractivity (Wildman–Crippen MR) is 144 cm³/mol. The van der Waals surface area contributed by atoms with Gasteiger partial charge in [0.25, 0.3) is 0 Å². The molecule has 2 aromatic carbocycles. The maximum atomic E-state index is 12.8. The molecule has 2 aliphatic rings. The molecule has 0 bridgehead atoms. The monoisotopic (exact) mass is 563 g/mol. The minimum atomic E-state index is 0. The molecule has 1 fully saturated rings. The van der Waals surface area contributed by atoms with Crippen LogP contribution in [0.3, 0.4) is 0 Å². The molecule has 0 spiro atoms. The van der Waals surface area contributed by atoms with Crippen LogP contribution in [0.5, 0.6) is 5.75 Å². The fraction of sp³-hybridized carbons (Fsp3) is 0.440. The van der Waals surface area contributed by atoms with Gasteiger partial charge in [0.2, 0.25) is 5.91 Å². The Kier molecular flexibility index (Phi) is 9.22. The van der Waals surface area contributed by atoms with Crippen LogP contribution in [0.15, 0.2) is 53.5 Å². The molecule has 4 rings (SSSR count). The van der Waals surface area contributed by atoms with Gasteiger partial charge in [0.1, 0.15) is 12.3 Å². The number of guanidine groups is 1. The SMILES string of the molecule is CCNC(=NCC(=O)N1CCc2ccccc2C1)N1CCN(c2ccc(OC)cc2)CC1.I. The van der Waals surface area contributed by atoms with E-state index in [9.17, 15) is 4.79 Å². The summed E-state index contributed by atoms with van der Waals surface area (Å²) in [6.45, 7) is 8.02. The van der Waals surface area contributed by atoms with Crippen molar-refractivity contribution in [3.05, 3.63) is 59.7 Å². The Balaban J connectivity index is 0.00000306. The van der Waals surface area contributed by atoms with E-state index >= 15 is 0 Å². The van der Waals surface area contributed by atoms with Gasteiger partial charge >= 0.3 is 0 Å². The highest BCUT2D eigenvalue weighted by Crippen LogP contribution is 2.21. The summed E-state index contributed by atoms with van der Waals surface area (Å²) >= 11 is 0. The number of anilines is 1. The maximum absolute atomic E-state index is 12.8. The zero-order chi connectivity index (χ0) is 22.3. The molecule has 8 heteroatoms. The second-order valence-corrected chi connectivity index (χ2v) is 8.18. The third-order valence-corrected chi connectivity index (χ3v) is 6.20. The van der Waals surface area contributed by atoms with Gasteiger partial charge in [-0.15, -0.1) is 24.0 Å². The highest BCUT2D eigenvalue weighted by Gasteiger charge is 2.22. The number of amides is 1. The summed E-state index contributed by atoms with van der Waals surface area (Å²) < 4.78 is 5.26. The third kappa shape index (κ3) is 6.31. The Morgan fingerprint density at radius 2 is 1.67 bits per heavy atom. The fourth-order valence-corrected chi connectivity index (χ4v) is 4.35. The molecule has 2 aromatic rings. The minimum absolute atomic E-state index is 0. The first kappa shape index (κ1) is 25.1. The molecule has 1 saturated heterocycles. The van der Waals surface area contributed by atoms with Gasteiger partial charge in [-0.25, -0.2) is 4.99 Å². The van der Waals surface area contributed by atoms with Gasteiger partial charge in [-0.3, -0.25) is 4.79 Å². The van der Waals surface area contributed by atoms with Crippen molar-refractivity contribution < 1.29 is 9.53 Å². The van der Waals surface area contributed by atoms with Crippen LogP contribution in [-0.4, -0.2) is 74.6 Å². The largest absolute Gasteiger partial charge is 0.497 e. The Morgan fingerprint density at radius 1 is 0.970 bits per heavy atom. The molecule has 0 atom stereocenters. The van der Waals surface area contributed by atoms with E-state index in [-0.39, 0.29) is 36.4 Å². The van der Waals surface area contributed by atoms with Crippen molar-refractivity contribution in [1.82, 2.24) is 15.1 Å². The molecule has 0 unspecified atom stereocenters. The number of piperazine rings is 1. The molecule has 0 saturated carbocycles. The Hall–Kier alpha value is -2.49. The van der Waals surface area contributed by atoms with Crippen molar-refractivity contribution in [3.63, 3.8) is 0 Å². The van der Waals surface area contributed by atoms with Gasteiger partial charge in [0.15, 0.2) is 5.96 Å². The summed E-state index contributed by atoms with van der Waals surface area (Å²) in [7, 11) is 1.68. The standard InChI is InChI=1S/C25H33N5O2.HI/c1-3-26-25(27-18-24(31)30-13-12-20-6-4-5-7-21(20)19-30)29-16-14-28(15-17-29)22-8-10-23(32-2)11-9-22;/h4-11H,3,12-19H2,1-2H3,(H,26,27);1H. The quantitative estimate of drug-likeness (QED) is 0.345. The molecule has 0 radical (unpaired) electrons. The number of fused-ring (bicyclic) bond motifs is 1. The summed E-state index contributed by atoms with van der Waals surface area (Å²) in [6.07, 6.45) is 0.916. The lowest BCUT2D eigenvalue weighted by Crippen LogP contribution is -2.52. The molecule has 7 nitrogen and oxygen atoms in total. The van der Waals surface area contributed by atoms with E-state index in [0.29, 0.717) is 6.54 Å². The topological polar surface area (TPSA) is 60.4 Å². The predicted octanol–water partition coefficient (Wildman–Crippen LogP) is 2.99. The maximum Gasteiger partial charge on any atom is 0.244 e. The van der Waals surface area contributed by atoms with E-state index in [1.54, 1.807) is 7.11 Å². The van der Waals surface area contributed by atoms with Gasteiger partial charge in [0.05, 0.1) is 7.11 Å². The van der Waals surface area contributed by atoms with Gasteiger partial charge in [-0.05, 0) is 48.7 Å². The molecule has 0 aromatic heterocycles. The summed E-state index contributed by atoms with van der Waals surface area (Å²) in [6, 6.07) is 16.6. The Labute approximate surface area is 213 Å². The van der Waals surface area contributed by atoms with Crippen LogP contribution in [0.2, 0.25) is 0 Å². The molecule has 178 valence electrons. The summed E-state index contributed by atoms with van der Waals surface area (Å²) in [5.74, 6) is 1.79. The number of ether oxygens (including phenoxy) is 1. The number of rotatable bonds is 5. The number of nitrogens with zero attached hydrogens (tertiary/aromatic N) is 4. The van der Waals surface area contributed by atoms with Crippen molar-refractivity contribution in [1.29, 1.82) is 0 Å². The van der Waals surface area contributed by atoms with Crippen molar-refractivity contribution in [2.45, 2.75) is 19.9 Å². The number of hydrogen-bond acceptors (Lipinski definition) is 4. The molecule has 2 aliphatic heterocycles. The normalized spacial score (nSPS) is 16.1. The zero-order valence-corrected chi connectivity index (χ0v) is 21.8. The van der Waals surface area contributed by atoms with E-state index in [1.165, 1.54) is 16.8 Å². The van der Waals surface area contributed by atoms with Gasteiger partial charge in [0, 0.05) is 51.5 Å². The van der Waals surface area contributed by atoms with Crippen LogP contribution in [0.25, 0.3) is 0 Å². The van der Waals surface area contributed by atoms with Gasteiger partial charge < -0.3 is 24.8 Å². The van der Waals surface area contributed by atoms with Crippen LogP contribution < -0.4 is 15.0 Å². The number of benzene rings is 2. The first-order valence-electron chi connectivity index (χ1n) is 11.4. The van der Waals surface area contributed by atoms with Crippen LogP contribution in [0.1, 0.15) is 18.1 Å². The van der Waals surface area contributed by atoms with Crippen molar-refractivity contribution in [3.8, 4) is 5.75 Å². The molecule has 2 heterocycles. The van der Waals surface area contributed by atoms with Crippen molar-refractivity contribution >= 4 is 41.5 Å².